The van der Waals surface area contributed by atoms with Gasteiger partial charge in [-0.3, -0.25) is 0 Å². The van der Waals surface area contributed by atoms with Crippen molar-refractivity contribution in [1.82, 2.24) is 4.31 Å². The van der Waals surface area contributed by atoms with Gasteiger partial charge in [-0.1, -0.05) is 6.08 Å². The second kappa shape index (κ2) is 2.33. The molecule has 0 fully saturated rings. The Hall–Kier alpha value is -0.280. The Kier molecular flexibility index (Phi) is 1.70. The molecule has 8 heavy (non-hydrogen) atoms. The van der Waals surface area contributed by atoms with Crippen molar-refractivity contribution in [2.45, 2.75) is 6.04 Å². The van der Waals surface area contributed by atoms with E-state index >= 15 is 0 Å². The lowest BCUT2D eigenvalue weighted by atomic mass is 10.3. The molecule has 0 radical (unpaired) electrons. The van der Waals surface area contributed by atoms with E-state index in [1.54, 1.807) is 11.9 Å². The van der Waals surface area contributed by atoms with Gasteiger partial charge in [-0.25, -0.2) is 4.31 Å². The van der Waals surface area contributed by atoms with Crippen LogP contribution in [0.3, 0.4) is 0 Å². The molecule has 1 aliphatic rings. The van der Waals surface area contributed by atoms with E-state index < -0.39 is 0 Å². The number of nitrogens with zero attached hydrogens (tertiary/aromatic N) is 1. The van der Waals surface area contributed by atoms with E-state index in [9.17, 15) is 4.79 Å². The molecule has 1 rings (SSSR count). The molecule has 0 saturated carbocycles. The van der Waals surface area contributed by atoms with Crippen LogP contribution in [0.25, 0.3) is 0 Å². The summed E-state index contributed by atoms with van der Waals surface area (Å²) in [5.74, 6) is 0. The van der Waals surface area contributed by atoms with Crippen LogP contribution in [0, 0.1) is 0 Å². The highest BCUT2D eigenvalue weighted by atomic mass is 32.2. The number of aldehydes is 1. The van der Waals surface area contributed by atoms with Gasteiger partial charge < -0.3 is 4.79 Å². The topological polar surface area (TPSA) is 20.3 Å². The van der Waals surface area contributed by atoms with Crippen molar-refractivity contribution in [3.8, 4) is 0 Å². The van der Waals surface area contributed by atoms with Crippen molar-refractivity contribution >= 4 is 18.2 Å². The molecule has 0 saturated heterocycles. The Bertz CT molecular complexity index is 124. The lowest BCUT2D eigenvalue weighted by Gasteiger charge is -2.09. The summed E-state index contributed by atoms with van der Waals surface area (Å²) in [6, 6.07) is -0.000000000000000222. The Morgan fingerprint density at radius 1 is 1.88 bits per heavy atom. The van der Waals surface area contributed by atoms with Crippen LogP contribution in [-0.4, -0.2) is 23.7 Å². The second-order valence-electron chi connectivity index (χ2n) is 1.61. The zero-order chi connectivity index (χ0) is 5.98. The van der Waals surface area contributed by atoms with Crippen molar-refractivity contribution in [2.24, 2.45) is 0 Å². The van der Waals surface area contributed by atoms with Crippen molar-refractivity contribution < 1.29 is 4.79 Å². The normalized spacial score (nSPS) is 28.9. The highest BCUT2D eigenvalue weighted by Gasteiger charge is 2.13. The van der Waals surface area contributed by atoms with E-state index in [0.717, 1.165) is 6.29 Å². The van der Waals surface area contributed by atoms with Crippen molar-refractivity contribution in [1.29, 1.82) is 0 Å². The van der Waals surface area contributed by atoms with Gasteiger partial charge in [0, 0.05) is 0 Å². The van der Waals surface area contributed by atoms with E-state index in [2.05, 4.69) is 0 Å². The highest BCUT2D eigenvalue weighted by molar-refractivity contribution is 8.00. The number of hydrogen-bond donors (Lipinski definition) is 0. The van der Waals surface area contributed by atoms with Gasteiger partial charge in [0.15, 0.2) is 0 Å². The first-order chi connectivity index (χ1) is 3.84. The standard InChI is InChI=1S/C5H7NOS/c1-6-5(4-7)2-3-8-6/h2-5H,1H3. The fourth-order valence-electron chi connectivity index (χ4n) is 0.534. The first kappa shape index (κ1) is 5.85. The summed E-state index contributed by atoms with van der Waals surface area (Å²) in [5, 5.41) is 1.92. The van der Waals surface area contributed by atoms with Gasteiger partial charge in [-0.15, -0.1) is 0 Å². The molecule has 0 aromatic carbocycles. The van der Waals surface area contributed by atoms with Gasteiger partial charge >= 0.3 is 0 Å². The summed E-state index contributed by atoms with van der Waals surface area (Å²) < 4.78 is 1.90. The number of hydrogen-bond acceptors (Lipinski definition) is 3. The van der Waals surface area contributed by atoms with Crippen LogP contribution in [0.15, 0.2) is 11.5 Å². The van der Waals surface area contributed by atoms with Crippen molar-refractivity contribution in [3.05, 3.63) is 11.5 Å². The first-order valence-corrected chi connectivity index (χ1v) is 3.20. The van der Waals surface area contributed by atoms with Crippen LogP contribution in [-0.2, 0) is 4.79 Å². The molecule has 0 bridgehead atoms. The maximum absolute atomic E-state index is 10.1. The SMILES string of the molecule is CN1SC=CC1C=O. The van der Waals surface area contributed by atoms with Crippen LogP contribution in [0.1, 0.15) is 0 Å². The van der Waals surface area contributed by atoms with Crippen LogP contribution in [0.2, 0.25) is 0 Å². The first-order valence-electron chi connectivity index (χ1n) is 2.36. The Balaban J connectivity index is 2.52. The van der Waals surface area contributed by atoms with Crippen LogP contribution >= 0.6 is 11.9 Å². The zero-order valence-corrected chi connectivity index (χ0v) is 5.39. The molecule has 44 valence electrons. The summed E-state index contributed by atoms with van der Waals surface area (Å²) in [6.45, 7) is 0. The summed E-state index contributed by atoms with van der Waals surface area (Å²) in [4.78, 5) is 10.1. The summed E-state index contributed by atoms with van der Waals surface area (Å²) in [5.41, 5.74) is 0. The predicted molar refractivity (Wildman–Crippen MR) is 34.3 cm³/mol. The fourth-order valence-corrected chi connectivity index (χ4v) is 1.22. The van der Waals surface area contributed by atoms with Crippen molar-refractivity contribution in [3.63, 3.8) is 0 Å². The van der Waals surface area contributed by atoms with E-state index in [4.69, 9.17) is 0 Å². The summed E-state index contributed by atoms with van der Waals surface area (Å²) in [6.07, 6.45) is 2.80. The van der Waals surface area contributed by atoms with Gasteiger partial charge in [0.2, 0.25) is 0 Å². The Labute approximate surface area is 52.7 Å². The smallest absolute Gasteiger partial charge is 0.141 e. The minimum Gasteiger partial charge on any atom is -0.301 e. The van der Waals surface area contributed by atoms with Crippen LogP contribution in [0.4, 0.5) is 0 Å². The third-order valence-corrected chi connectivity index (χ3v) is 1.92. The molecule has 0 aliphatic carbocycles. The molecule has 0 spiro atoms. The molecular weight excluding hydrogens is 122 g/mol. The molecule has 1 atom stereocenters. The van der Waals surface area contributed by atoms with Gasteiger partial charge in [0.05, 0.1) is 6.04 Å². The van der Waals surface area contributed by atoms with Gasteiger partial charge in [-0.05, 0) is 24.4 Å². The maximum atomic E-state index is 10.1. The predicted octanol–water partition coefficient (Wildman–Crippen LogP) is 0.661. The van der Waals surface area contributed by atoms with Gasteiger partial charge in [0.1, 0.15) is 6.29 Å². The van der Waals surface area contributed by atoms with Crippen LogP contribution in [0.5, 0.6) is 0 Å². The lowest BCUT2D eigenvalue weighted by molar-refractivity contribution is -0.109. The molecule has 1 heterocycles. The van der Waals surface area contributed by atoms with Crippen LogP contribution < -0.4 is 0 Å². The molecule has 0 aromatic rings. The minimum absolute atomic E-state index is 0.000000000000000222. The minimum atomic E-state index is -0.000000000000000222. The lowest BCUT2D eigenvalue weighted by Crippen LogP contribution is -2.20. The maximum Gasteiger partial charge on any atom is 0.141 e. The van der Waals surface area contributed by atoms with Gasteiger partial charge in [0.25, 0.3) is 0 Å². The van der Waals surface area contributed by atoms with Gasteiger partial charge in [-0.2, -0.15) is 0 Å². The van der Waals surface area contributed by atoms with E-state index in [0.29, 0.717) is 0 Å². The molecular formula is C5H7NOS. The van der Waals surface area contributed by atoms with Crippen molar-refractivity contribution in [2.75, 3.05) is 7.05 Å². The zero-order valence-electron chi connectivity index (χ0n) is 4.57. The third kappa shape index (κ3) is 0.928. The Morgan fingerprint density at radius 3 is 2.88 bits per heavy atom. The highest BCUT2D eigenvalue weighted by Crippen LogP contribution is 2.19. The fraction of sp³-hybridized carbons (Fsp3) is 0.400. The van der Waals surface area contributed by atoms with E-state index in [1.165, 1.54) is 0 Å². The second-order valence-corrected chi connectivity index (χ2v) is 2.67. The number of carbonyl (C=O) groups excluding carboxylic acids is 1. The summed E-state index contributed by atoms with van der Waals surface area (Å²) >= 11 is 1.55. The molecule has 1 unspecified atom stereocenters. The number of rotatable bonds is 1. The van der Waals surface area contributed by atoms with E-state index in [1.807, 2.05) is 22.8 Å². The average Bonchev–Trinajstić information content (AvgIpc) is 2.14. The molecule has 0 N–H and O–H groups in total. The average molecular weight is 129 g/mol. The summed E-state index contributed by atoms with van der Waals surface area (Å²) in [7, 11) is 1.89. The number of likely N-dealkylation sites (N-methyl/N-ethyl adjacent to an activating group) is 1. The Morgan fingerprint density at radius 2 is 2.62 bits per heavy atom. The third-order valence-electron chi connectivity index (χ3n) is 1.06. The largest absolute Gasteiger partial charge is 0.301 e. The molecule has 1 aliphatic heterocycles. The van der Waals surface area contributed by atoms with E-state index in [-0.39, 0.29) is 6.04 Å². The molecule has 2 nitrogen and oxygen atoms in total. The molecule has 3 heteroatoms. The molecule has 0 aromatic heterocycles. The quantitative estimate of drug-likeness (QED) is 0.383. The molecule has 0 amide bonds. The number of carbonyl (C=O) groups is 1. The monoisotopic (exact) mass is 129 g/mol.